The molecule has 0 atom stereocenters. The molecule has 8 heavy (non-hydrogen) atoms. The second-order valence-corrected chi connectivity index (χ2v) is 2.04. The maximum atomic E-state index is 3.81. The molecule has 0 bridgehead atoms. The monoisotopic (exact) mass is 129 g/mol. The van der Waals surface area contributed by atoms with Crippen molar-refractivity contribution in [3.63, 3.8) is 0 Å². The van der Waals surface area contributed by atoms with Gasteiger partial charge in [0.05, 0.1) is 5.69 Å². The van der Waals surface area contributed by atoms with Crippen molar-refractivity contribution in [1.29, 1.82) is 0 Å². The summed E-state index contributed by atoms with van der Waals surface area (Å²) in [5.41, 5.74) is 1.01. The van der Waals surface area contributed by atoms with Gasteiger partial charge in [-0.15, -0.1) is 5.10 Å². The summed E-state index contributed by atoms with van der Waals surface area (Å²) >= 11 is 1.38. The average molecular weight is 129 g/mol. The van der Waals surface area contributed by atoms with Gasteiger partial charge in [0.1, 0.15) is 0 Å². The van der Waals surface area contributed by atoms with Crippen molar-refractivity contribution in [3.05, 3.63) is 11.1 Å². The van der Waals surface area contributed by atoms with E-state index in [1.54, 1.807) is 0 Å². The molecule has 0 unspecified atom stereocenters. The molecule has 0 saturated heterocycles. The molecule has 0 fully saturated rings. The lowest BCUT2D eigenvalue weighted by atomic mass is 10.5. The van der Waals surface area contributed by atoms with Crippen molar-refractivity contribution < 1.29 is 0 Å². The Morgan fingerprint density at radius 2 is 2.75 bits per heavy atom. The van der Waals surface area contributed by atoms with Crippen LogP contribution in [-0.2, 0) is 6.54 Å². The van der Waals surface area contributed by atoms with Crippen LogP contribution >= 0.6 is 11.5 Å². The molecule has 1 aromatic rings. The highest BCUT2D eigenvalue weighted by atomic mass is 32.1. The summed E-state index contributed by atoms with van der Waals surface area (Å²) in [6, 6.07) is 0. The first-order chi connectivity index (χ1) is 3.93. The van der Waals surface area contributed by atoms with Crippen LogP contribution in [0.15, 0.2) is 5.38 Å². The van der Waals surface area contributed by atoms with Gasteiger partial charge in [-0.2, -0.15) is 0 Å². The van der Waals surface area contributed by atoms with E-state index in [2.05, 4.69) is 14.9 Å². The third-order valence-corrected chi connectivity index (χ3v) is 1.32. The smallest absolute Gasteiger partial charge is 0.0893 e. The summed E-state index contributed by atoms with van der Waals surface area (Å²) in [6.07, 6.45) is 0. The van der Waals surface area contributed by atoms with Crippen LogP contribution in [0.2, 0.25) is 0 Å². The van der Waals surface area contributed by atoms with Gasteiger partial charge in [-0.05, 0) is 18.6 Å². The van der Waals surface area contributed by atoms with Crippen LogP contribution in [0.4, 0.5) is 0 Å². The first-order valence-corrected chi connectivity index (χ1v) is 3.17. The zero-order chi connectivity index (χ0) is 5.82. The molecule has 0 aromatic carbocycles. The maximum absolute atomic E-state index is 3.81. The van der Waals surface area contributed by atoms with Gasteiger partial charge < -0.3 is 5.32 Å². The molecule has 0 amide bonds. The van der Waals surface area contributed by atoms with Crippen molar-refractivity contribution in [2.24, 2.45) is 0 Å². The zero-order valence-corrected chi connectivity index (χ0v) is 5.40. The second-order valence-electron chi connectivity index (χ2n) is 1.43. The van der Waals surface area contributed by atoms with Gasteiger partial charge in [0.15, 0.2) is 0 Å². The van der Waals surface area contributed by atoms with Gasteiger partial charge in [0.25, 0.3) is 0 Å². The summed E-state index contributed by atoms with van der Waals surface area (Å²) in [6.45, 7) is 0.816. The molecule has 1 rings (SSSR count). The second kappa shape index (κ2) is 2.74. The number of nitrogens with one attached hydrogen (secondary N) is 1. The van der Waals surface area contributed by atoms with E-state index >= 15 is 0 Å². The summed E-state index contributed by atoms with van der Waals surface area (Å²) in [4.78, 5) is 0. The standard InChI is InChI=1S/C4H7N3S/c1-5-2-4-3-8-7-6-4/h3,5H,2H2,1H3. The minimum atomic E-state index is 0.816. The van der Waals surface area contributed by atoms with Crippen LogP contribution in [-0.4, -0.2) is 16.6 Å². The normalized spacial score (nSPS) is 9.62. The Bertz CT molecular complexity index is 137. The molecule has 0 aliphatic carbocycles. The van der Waals surface area contributed by atoms with E-state index in [0.29, 0.717) is 0 Å². The van der Waals surface area contributed by atoms with Crippen molar-refractivity contribution in [1.82, 2.24) is 14.9 Å². The summed E-state index contributed by atoms with van der Waals surface area (Å²) in [5, 5.41) is 8.71. The molecule has 44 valence electrons. The first kappa shape index (κ1) is 5.65. The molecular weight excluding hydrogens is 122 g/mol. The van der Waals surface area contributed by atoms with Crippen LogP contribution in [0.3, 0.4) is 0 Å². The molecule has 3 nitrogen and oxygen atoms in total. The van der Waals surface area contributed by atoms with Crippen LogP contribution in [0, 0.1) is 0 Å². The van der Waals surface area contributed by atoms with E-state index in [9.17, 15) is 0 Å². The summed E-state index contributed by atoms with van der Waals surface area (Å²) in [7, 11) is 1.89. The van der Waals surface area contributed by atoms with E-state index in [0.717, 1.165) is 12.2 Å². The number of aromatic nitrogens is 2. The summed E-state index contributed by atoms with van der Waals surface area (Å²) < 4.78 is 3.69. The van der Waals surface area contributed by atoms with Crippen molar-refractivity contribution in [2.75, 3.05) is 7.05 Å². The predicted octanol–water partition coefficient (Wildman–Crippen LogP) is 0.258. The van der Waals surface area contributed by atoms with Crippen molar-refractivity contribution >= 4 is 11.5 Å². The lowest BCUT2D eigenvalue weighted by molar-refractivity contribution is 0.785. The average Bonchev–Trinajstić information content (AvgIpc) is 2.19. The van der Waals surface area contributed by atoms with E-state index in [1.807, 2.05) is 12.4 Å². The SMILES string of the molecule is CNCc1csnn1. The van der Waals surface area contributed by atoms with Gasteiger partial charge >= 0.3 is 0 Å². The van der Waals surface area contributed by atoms with Crippen molar-refractivity contribution in [3.8, 4) is 0 Å². The number of nitrogens with zero attached hydrogens (tertiary/aromatic N) is 2. The third kappa shape index (κ3) is 1.24. The lowest BCUT2D eigenvalue weighted by Crippen LogP contribution is -2.04. The van der Waals surface area contributed by atoms with Gasteiger partial charge in [0, 0.05) is 11.9 Å². The largest absolute Gasteiger partial charge is 0.314 e. The Morgan fingerprint density at radius 3 is 3.25 bits per heavy atom. The molecule has 0 aliphatic heterocycles. The van der Waals surface area contributed by atoms with E-state index in [-0.39, 0.29) is 0 Å². The Kier molecular flexibility index (Phi) is 1.93. The topological polar surface area (TPSA) is 37.8 Å². The molecule has 1 heterocycles. The Labute approximate surface area is 51.9 Å². The predicted molar refractivity (Wildman–Crippen MR) is 32.7 cm³/mol. The maximum Gasteiger partial charge on any atom is 0.0893 e. The van der Waals surface area contributed by atoms with E-state index in [1.165, 1.54) is 11.5 Å². The fourth-order valence-electron chi connectivity index (χ4n) is 0.442. The van der Waals surface area contributed by atoms with Gasteiger partial charge in [-0.3, -0.25) is 0 Å². The molecule has 0 spiro atoms. The number of rotatable bonds is 2. The number of hydrogen-bond donors (Lipinski definition) is 1. The number of hydrogen-bond acceptors (Lipinski definition) is 4. The molecular formula is C4H7N3S. The minimum Gasteiger partial charge on any atom is -0.314 e. The first-order valence-electron chi connectivity index (χ1n) is 2.34. The molecule has 1 aromatic heterocycles. The summed E-state index contributed by atoms with van der Waals surface area (Å²) in [5.74, 6) is 0. The third-order valence-electron chi connectivity index (χ3n) is 0.763. The van der Waals surface area contributed by atoms with Crippen molar-refractivity contribution in [2.45, 2.75) is 6.54 Å². The highest BCUT2D eigenvalue weighted by Gasteiger charge is 1.89. The zero-order valence-electron chi connectivity index (χ0n) is 4.59. The Balaban J connectivity index is 2.50. The van der Waals surface area contributed by atoms with Crippen LogP contribution in [0.25, 0.3) is 0 Å². The minimum absolute atomic E-state index is 0.816. The highest BCUT2D eigenvalue weighted by molar-refractivity contribution is 7.03. The Morgan fingerprint density at radius 1 is 1.88 bits per heavy atom. The van der Waals surface area contributed by atoms with Gasteiger partial charge in [-0.1, -0.05) is 4.49 Å². The van der Waals surface area contributed by atoms with E-state index in [4.69, 9.17) is 0 Å². The molecule has 1 N–H and O–H groups in total. The van der Waals surface area contributed by atoms with Crippen LogP contribution < -0.4 is 5.32 Å². The lowest BCUT2D eigenvalue weighted by Gasteiger charge is -1.86. The molecule has 0 radical (unpaired) electrons. The molecule has 0 saturated carbocycles. The van der Waals surface area contributed by atoms with Crippen LogP contribution in [0.5, 0.6) is 0 Å². The Hall–Kier alpha value is -0.480. The van der Waals surface area contributed by atoms with Crippen LogP contribution in [0.1, 0.15) is 5.69 Å². The van der Waals surface area contributed by atoms with Gasteiger partial charge in [0.2, 0.25) is 0 Å². The fourth-order valence-corrected chi connectivity index (χ4v) is 0.893. The van der Waals surface area contributed by atoms with E-state index < -0.39 is 0 Å². The molecule has 4 heteroatoms. The van der Waals surface area contributed by atoms with Gasteiger partial charge in [-0.25, -0.2) is 0 Å². The fraction of sp³-hybridized carbons (Fsp3) is 0.500. The highest BCUT2D eigenvalue weighted by Crippen LogP contribution is 1.93. The quantitative estimate of drug-likeness (QED) is 0.622. The molecule has 0 aliphatic rings.